The van der Waals surface area contributed by atoms with Crippen molar-refractivity contribution in [1.82, 2.24) is 4.98 Å². The standard InChI is InChI=1S/C24H26N2O4/c1-15(2)17-9-5-7-11-19(17)26-22(27)14-30-24(28)23-16(3)18-10-6-8-12-20(18)25-21(23)13-29-4/h5-12,15H,13-14H2,1-4H3,(H,26,27). The topological polar surface area (TPSA) is 77.5 Å². The highest BCUT2D eigenvalue weighted by atomic mass is 16.5. The summed E-state index contributed by atoms with van der Waals surface area (Å²) in [4.78, 5) is 29.8. The second-order valence-electron chi connectivity index (χ2n) is 7.37. The molecule has 0 atom stereocenters. The second-order valence-corrected chi connectivity index (χ2v) is 7.37. The number of amides is 1. The summed E-state index contributed by atoms with van der Waals surface area (Å²) in [6.45, 7) is 5.74. The zero-order valence-corrected chi connectivity index (χ0v) is 17.7. The first-order chi connectivity index (χ1) is 14.4. The number of pyridine rings is 1. The number of nitrogens with zero attached hydrogens (tertiary/aromatic N) is 1. The minimum absolute atomic E-state index is 0.171. The molecule has 6 nitrogen and oxygen atoms in total. The van der Waals surface area contributed by atoms with Crippen molar-refractivity contribution in [1.29, 1.82) is 0 Å². The smallest absolute Gasteiger partial charge is 0.340 e. The van der Waals surface area contributed by atoms with Gasteiger partial charge < -0.3 is 14.8 Å². The van der Waals surface area contributed by atoms with Gasteiger partial charge in [0.2, 0.25) is 0 Å². The Morgan fingerprint density at radius 1 is 1.07 bits per heavy atom. The number of fused-ring (bicyclic) bond motifs is 1. The minimum atomic E-state index is -0.593. The van der Waals surface area contributed by atoms with Gasteiger partial charge in [0, 0.05) is 18.2 Å². The summed E-state index contributed by atoms with van der Waals surface area (Å²) in [6, 6.07) is 15.2. The Hall–Kier alpha value is -3.25. The molecule has 0 bridgehead atoms. The quantitative estimate of drug-likeness (QED) is 0.580. The predicted octanol–water partition coefficient (Wildman–Crippen LogP) is 4.61. The van der Waals surface area contributed by atoms with Gasteiger partial charge in [-0.3, -0.25) is 4.79 Å². The molecule has 0 saturated heterocycles. The van der Waals surface area contributed by atoms with Gasteiger partial charge in [0.15, 0.2) is 6.61 Å². The maximum absolute atomic E-state index is 12.8. The van der Waals surface area contributed by atoms with Crippen LogP contribution >= 0.6 is 0 Å². The molecule has 1 N–H and O–H groups in total. The Balaban J connectivity index is 1.78. The van der Waals surface area contributed by atoms with Gasteiger partial charge in [0.05, 0.1) is 23.4 Å². The van der Waals surface area contributed by atoms with Crippen molar-refractivity contribution < 1.29 is 19.1 Å². The zero-order valence-electron chi connectivity index (χ0n) is 17.7. The number of rotatable bonds is 7. The van der Waals surface area contributed by atoms with E-state index >= 15 is 0 Å². The third kappa shape index (κ3) is 4.66. The van der Waals surface area contributed by atoms with Crippen LogP contribution in [0.15, 0.2) is 48.5 Å². The Morgan fingerprint density at radius 2 is 1.77 bits per heavy atom. The van der Waals surface area contributed by atoms with E-state index in [1.54, 1.807) is 7.11 Å². The number of ether oxygens (including phenoxy) is 2. The SMILES string of the molecule is COCc1nc2ccccc2c(C)c1C(=O)OCC(=O)Nc1ccccc1C(C)C. The summed E-state index contributed by atoms with van der Waals surface area (Å²) in [7, 11) is 1.54. The van der Waals surface area contributed by atoms with Crippen LogP contribution in [0.5, 0.6) is 0 Å². The summed E-state index contributed by atoms with van der Waals surface area (Å²) in [5.74, 6) is -0.729. The fourth-order valence-electron chi connectivity index (χ4n) is 3.46. The van der Waals surface area contributed by atoms with Crippen LogP contribution in [-0.4, -0.2) is 30.6 Å². The minimum Gasteiger partial charge on any atom is -0.452 e. The average molecular weight is 406 g/mol. The van der Waals surface area contributed by atoms with Crippen molar-refractivity contribution >= 4 is 28.5 Å². The van der Waals surface area contributed by atoms with Crippen LogP contribution in [0.4, 0.5) is 5.69 Å². The van der Waals surface area contributed by atoms with Crippen LogP contribution in [0.1, 0.15) is 46.9 Å². The Kier molecular flexibility index (Phi) is 6.79. The van der Waals surface area contributed by atoms with Crippen molar-refractivity contribution in [2.75, 3.05) is 19.0 Å². The van der Waals surface area contributed by atoms with E-state index in [2.05, 4.69) is 24.1 Å². The van der Waals surface area contributed by atoms with Crippen molar-refractivity contribution in [3.05, 3.63) is 70.9 Å². The molecule has 0 radical (unpaired) electrons. The van der Waals surface area contributed by atoms with Crippen LogP contribution in [0.25, 0.3) is 10.9 Å². The van der Waals surface area contributed by atoms with Gasteiger partial charge >= 0.3 is 5.97 Å². The van der Waals surface area contributed by atoms with Gasteiger partial charge in [0.1, 0.15) is 0 Å². The third-order valence-electron chi connectivity index (χ3n) is 4.90. The molecule has 0 aliphatic heterocycles. The summed E-state index contributed by atoms with van der Waals surface area (Å²) in [5, 5.41) is 3.69. The van der Waals surface area contributed by atoms with E-state index in [1.165, 1.54) is 0 Å². The summed E-state index contributed by atoms with van der Waals surface area (Å²) in [6.07, 6.45) is 0. The Labute approximate surface area is 176 Å². The molecule has 0 aliphatic carbocycles. The molecule has 1 heterocycles. The van der Waals surface area contributed by atoms with Gasteiger partial charge in [-0.1, -0.05) is 50.2 Å². The fourth-order valence-corrected chi connectivity index (χ4v) is 3.46. The van der Waals surface area contributed by atoms with Crippen molar-refractivity contribution in [2.24, 2.45) is 0 Å². The van der Waals surface area contributed by atoms with Crippen LogP contribution in [0.3, 0.4) is 0 Å². The normalized spacial score (nSPS) is 11.0. The van der Waals surface area contributed by atoms with Crippen molar-refractivity contribution in [2.45, 2.75) is 33.3 Å². The average Bonchev–Trinajstić information content (AvgIpc) is 2.73. The molecule has 0 aliphatic rings. The number of carbonyl (C=O) groups is 2. The van der Waals surface area contributed by atoms with Crippen molar-refractivity contribution in [3.8, 4) is 0 Å². The lowest BCUT2D eigenvalue weighted by Gasteiger charge is -2.15. The lowest BCUT2D eigenvalue weighted by atomic mass is 10.0. The van der Waals surface area contributed by atoms with Crippen LogP contribution < -0.4 is 5.32 Å². The van der Waals surface area contributed by atoms with Gasteiger partial charge in [-0.05, 0) is 36.1 Å². The van der Waals surface area contributed by atoms with Gasteiger partial charge in [0.25, 0.3) is 5.91 Å². The Bertz CT molecular complexity index is 1080. The highest BCUT2D eigenvalue weighted by molar-refractivity contribution is 6.00. The van der Waals surface area contributed by atoms with E-state index < -0.39 is 11.9 Å². The van der Waals surface area contributed by atoms with Crippen LogP contribution in [0.2, 0.25) is 0 Å². The van der Waals surface area contributed by atoms with E-state index in [9.17, 15) is 9.59 Å². The molecular formula is C24H26N2O4. The molecule has 0 fully saturated rings. The number of aryl methyl sites for hydroxylation is 1. The number of esters is 1. The maximum atomic E-state index is 12.8. The lowest BCUT2D eigenvalue weighted by Crippen LogP contribution is -2.23. The highest BCUT2D eigenvalue weighted by Gasteiger charge is 2.21. The third-order valence-corrected chi connectivity index (χ3v) is 4.90. The van der Waals surface area contributed by atoms with Gasteiger partial charge in [-0.15, -0.1) is 0 Å². The highest BCUT2D eigenvalue weighted by Crippen LogP contribution is 2.25. The lowest BCUT2D eigenvalue weighted by molar-refractivity contribution is -0.119. The summed E-state index contributed by atoms with van der Waals surface area (Å²) in [5.41, 5.74) is 4.10. The molecule has 2 aromatic carbocycles. The van der Waals surface area contributed by atoms with E-state index in [0.29, 0.717) is 11.3 Å². The largest absolute Gasteiger partial charge is 0.452 e. The monoisotopic (exact) mass is 406 g/mol. The summed E-state index contributed by atoms with van der Waals surface area (Å²) >= 11 is 0. The number of aromatic nitrogens is 1. The molecule has 1 amide bonds. The molecule has 1 aromatic heterocycles. The summed E-state index contributed by atoms with van der Waals surface area (Å²) < 4.78 is 10.5. The molecule has 0 saturated carbocycles. The molecule has 3 rings (SSSR count). The number of benzene rings is 2. The van der Waals surface area contributed by atoms with E-state index in [4.69, 9.17) is 9.47 Å². The molecule has 30 heavy (non-hydrogen) atoms. The predicted molar refractivity (Wildman–Crippen MR) is 117 cm³/mol. The Morgan fingerprint density at radius 3 is 2.50 bits per heavy atom. The first-order valence-corrected chi connectivity index (χ1v) is 9.85. The van der Waals surface area contributed by atoms with Crippen LogP contribution in [0, 0.1) is 6.92 Å². The molecular weight excluding hydrogens is 380 g/mol. The number of hydrogen-bond donors (Lipinski definition) is 1. The number of anilines is 1. The molecule has 3 aromatic rings. The van der Waals surface area contributed by atoms with Gasteiger partial charge in [-0.25, -0.2) is 9.78 Å². The number of methoxy groups -OCH3 is 1. The van der Waals surface area contributed by atoms with Crippen molar-refractivity contribution in [3.63, 3.8) is 0 Å². The first kappa shape index (κ1) is 21.5. The van der Waals surface area contributed by atoms with E-state index in [1.807, 2.05) is 55.5 Å². The van der Waals surface area contributed by atoms with E-state index in [-0.39, 0.29) is 19.1 Å². The van der Waals surface area contributed by atoms with E-state index in [0.717, 1.165) is 27.7 Å². The molecule has 156 valence electrons. The number of nitrogens with one attached hydrogen (secondary N) is 1. The molecule has 0 spiro atoms. The van der Waals surface area contributed by atoms with Crippen LogP contribution in [-0.2, 0) is 20.9 Å². The number of carbonyl (C=O) groups excluding carboxylic acids is 2. The fraction of sp³-hybridized carbons (Fsp3) is 0.292. The zero-order chi connectivity index (χ0) is 21.7. The number of para-hydroxylation sites is 2. The molecule has 6 heteroatoms. The molecule has 0 unspecified atom stereocenters. The van der Waals surface area contributed by atoms with Gasteiger partial charge in [-0.2, -0.15) is 0 Å². The second kappa shape index (κ2) is 9.50. The maximum Gasteiger partial charge on any atom is 0.340 e. The first-order valence-electron chi connectivity index (χ1n) is 9.85. The number of hydrogen-bond acceptors (Lipinski definition) is 5.